The van der Waals surface area contributed by atoms with Crippen molar-refractivity contribution >= 4 is 10.1 Å². The van der Waals surface area contributed by atoms with Gasteiger partial charge in [0, 0.05) is 0 Å². The van der Waals surface area contributed by atoms with E-state index in [0.717, 1.165) is 0 Å². The van der Waals surface area contributed by atoms with Crippen molar-refractivity contribution in [2.24, 2.45) is 0 Å². The van der Waals surface area contributed by atoms with Gasteiger partial charge in [-0.05, 0) is 83.3 Å². The van der Waals surface area contributed by atoms with Gasteiger partial charge in [0.15, 0.2) is 7.14 Å². The molecule has 8 heteroatoms. The summed E-state index contributed by atoms with van der Waals surface area (Å²) in [6, 6.07) is 21.0. The van der Waals surface area contributed by atoms with Crippen molar-refractivity contribution in [2.45, 2.75) is 76.3 Å². The normalized spacial score (nSPS) is 12.6. The van der Waals surface area contributed by atoms with Gasteiger partial charge in [-0.2, -0.15) is 13.2 Å². The monoisotopic (exact) mass is 646 g/mol. The van der Waals surface area contributed by atoms with Crippen LogP contribution in [-0.4, -0.2) is 13.0 Å². The molecule has 0 heterocycles. The molecule has 0 aliphatic rings. The minimum absolute atomic E-state index is 0.0793. The molecule has 0 N–H and O–H groups in total. The molecule has 0 spiro atoms. The van der Waals surface area contributed by atoms with E-state index in [1.807, 2.05) is 0 Å². The summed E-state index contributed by atoms with van der Waals surface area (Å²) in [5.41, 5.74) is 2.47. The lowest BCUT2D eigenvalue weighted by molar-refractivity contribution is -0.597. The van der Waals surface area contributed by atoms with Crippen LogP contribution in [0.2, 0.25) is 0 Å². The number of halogens is 4. The molecule has 0 fully saturated rings. The minimum Gasteiger partial charge on any atom is -0.744 e. The lowest BCUT2D eigenvalue weighted by Crippen LogP contribution is -3.61. The predicted molar refractivity (Wildman–Crippen MR) is 136 cm³/mol. The molecule has 3 rings (SSSR count). The maximum absolute atomic E-state index is 12.0. The van der Waals surface area contributed by atoms with Gasteiger partial charge in [-0.25, -0.2) is 8.42 Å². The highest BCUT2D eigenvalue weighted by molar-refractivity contribution is 7.85. The Labute approximate surface area is 229 Å². The van der Waals surface area contributed by atoms with Crippen LogP contribution in [0.5, 0.6) is 0 Å². The Kier molecular flexibility index (Phi) is 10.4. The fourth-order valence-electron chi connectivity index (χ4n) is 3.27. The van der Waals surface area contributed by atoms with E-state index in [1.165, 1.54) is 31.1 Å². The highest BCUT2D eigenvalue weighted by Gasteiger charge is 2.30. The molecule has 202 valence electrons. The van der Waals surface area contributed by atoms with Gasteiger partial charge in [0.25, 0.3) is 0 Å². The average Bonchev–Trinajstić information content (AvgIpc) is 2.84. The van der Waals surface area contributed by atoms with Crippen molar-refractivity contribution in [2.75, 3.05) is 0 Å². The number of alkyl halides is 3. The molecule has 0 unspecified atom stereocenters. The van der Waals surface area contributed by atoms with Crippen molar-refractivity contribution in [3.8, 4) is 0 Å². The van der Waals surface area contributed by atoms with Crippen molar-refractivity contribution in [1.82, 2.24) is 0 Å². The zero-order chi connectivity index (χ0) is 28.1. The average molecular weight is 647 g/mol. The van der Waals surface area contributed by atoms with Crippen LogP contribution in [0.15, 0.2) is 77.7 Å². The Morgan fingerprint density at radius 3 is 1.24 bits per heavy atom. The molecular formula is C29H34F3IO3S. The molecule has 37 heavy (non-hydrogen) atoms. The van der Waals surface area contributed by atoms with E-state index < -0.39 is 26.8 Å². The van der Waals surface area contributed by atoms with Gasteiger partial charge in [-0.15, -0.1) is 0 Å². The van der Waals surface area contributed by atoms with Crippen molar-refractivity contribution < 1.29 is 47.3 Å². The van der Waals surface area contributed by atoms with Gasteiger partial charge < -0.3 is 4.55 Å². The molecule has 0 radical (unpaired) electrons. The first kappa shape index (κ1) is 31.3. The van der Waals surface area contributed by atoms with E-state index >= 15 is 0 Å². The third-order valence-corrected chi connectivity index (χ3v) is 10.2. The summed E-state index contributed by atoms with van der Waals surface area (Å²) in [6.07, 6.45) is -2.18. The molecule has 0 saturated heterocycles. The minimum atomic E-state index is -4.68. The van der Waals surface area contributed by atoms with Crippen LogP contribution in [0.25, 0.3) is 0 Å². The first-order valence-corrected chi connectivity index (χ1v) is 15.6. The zero-order valence-electron chi connectivity index (χ0n) is 22.0. The van der Waals surface area contributed by atoms with Crippen LogP contribution in [0, 0.1) is 7.14 Å². The first-order chi connectivity index (χ1) is 17.0. The molecule has 3 aromatic carbocycles. The molecule has 0 aliphatic carbocycles. The number of hydrogen-bond acceptors (Lipinski definition) is 3. The fraction of sp³-hybridized carbons (Fsp3) is 0.379. The van der Waals surface area contributed by atoms with Crippen LogP contribution in [0.4, 0.5) is 13.2 Å². The molecular weight excluding hydrogens is 612 g/mol. The second-order valence-corrected chi connectivity index (χ2v) is 14.5. The summed E-state index contributed by atoms with van der Waals surface area (Å²) in [4.78, 5) is -0.675. The van der Waals surface area contributed by atoms with Gasteiger partial charge >= 0.3 is 27.4 Å². The highest BCUT2D eigenvalue weighted by Crippen LogP contribution is 2.30. The predicted octanol–water partition coefficient (Wildman–Crippen LogP) is 4.80. The van der Waals surface area contributed by atoms with Crippen LogP contribution in [-0.2, 0) is 27.1 Å². The summed E-state index contributed by atoms with van der Waals surface area (Å²) >= 11 is -0.0793. The maximum Gasteiger partial charge on any atom is 0.416 e. The molecule has 0 aromatic heterocycles. The molecule has 0 saturated carbocycles. The van der Waals surface area contributed by atoms with E-state index in [0.29, 0.717) is 24.3 Å². The molecule has 0 aliphatic heterocycles. The number of rotatable bonds is 7. The Morgan fingerprint density at radius 1 is 0.649 bits per heavy atom. The zero-order valence-corrected chi connectivity index (χ0v) is 25.0. The number of benzene rings is 3. The Bertz CT molecular complexity index is 1190. The van der Waals surface area contributed by atoms with Gasteiger partial charge in [-0.1, -0.05) is 65.8 Å². The van der Waals surface area contributed by atoms with Crippen LogP contribution >= 0.6 is 0 Å². The van der Waals surface area contributed by atoms with Crippen LogP contribution in [0.1, 0.15) is 71.1 Å². The lowest BCUT2D eigenvalue weighted by atomic mass is 9.82. The smallest absolute Gasteiger partial charge is 0.416 e. The highest BCUT2D eigenvalue weighted by atomic mass is 127. The second-order valence-electron chi connectivity index (χ2n) is 10.1. The van der Waals surface area contributed by atoms with Gasteiger partial charge in [0.1, 0.15) is 10.1 Å². The summed E-state index contributed by atoms with van der Waals surface area (Å²) in [7, 11) is -4.68. The fourth-order valence-corrected chi connectivity index (χ4v) is 5.90. The topological polar surface area (TPSA) is 57.2 Å². The molecule has 0 amide bonds. The van der Waals surface area contributed by atoms with Gasteiger partial charge in [0.2, 0.25) is 0 Å². The molecule has 3 aromatic rings. The van der Waals surface area contributed by atoms with Crippen molar-refractivity contribution in [1.29, 1.82) is 0 Å². The first-order valence-electron chi connectivity index (χ1n) is 12.0. The summed E-state index contributed by atoms with van der Waals surface area (Å²) in [5, 5.41) is 0. The van der Waals surface area contributed by atoms with Crippen molar-refractivity contribution in [3.05, 3.63) is 96.6 Å². The Morgan fingerprint density at radius 2 is 0.973 bits per heavy atom. The summed E-state index contributed by atoms with van der Waals surface area (Å²) < 4.78 is 70.0. The van der Waals surface area contributed by atoms with E-state index in [2.05, 4.69) is 90.1 Å². The van der Waals surface area contributed by atoms with E-state index in [4.69, 9.17) is 0 Å². The lowest BCUT2D eigenvalue weighted by Gasteiger charge is -2.23. The van der Waals surface area contributed by atoms with E-state index in [-0.39, 0.29) is 32.0 Å². The van der Waals surface area contributed by atoms with E-state index in [1.54, 1.807) is 0 Å². The third kappa shape index (κ3) is 9.11. The van der Waals surface area contributed by atoms with Gasteiger partial charge in [-0.3, -0.25) is 0 Å². The molecule has 3 nitrogen and oxygen atoms in total. The summed E-state index contributed by atoms with van der Waals surface area (Å²) in [5.74, 6) is 0. The number of hydrogen-bond donors (Lipinski definition) is 0. The van der Waals surface area contributed by atoms with Gasteiger partial charge in [0.05, 0.1) is 10.5 Å². The maximum atomic E-state index is 12.0. The second kappa shape index (κ2) is 12.3. The van der Waals surface area contributed by atoms with Crippen LogP contribution < -0.4 is 21.2 Å². The quantitative estimate of drug-likeness (QED) is 0.274. The molecule has 0 bridgehead atoms. The third-order valence-electron chi connectivity index (χ3n) is 6.71. The summed E-state index contributed by atoms with van der Waals surface area (Å²) in [6.45, 7) is 13.8. The largest absolute Gasteiger partial charge is 0.744 e. The van der Waals surface area contributed by atoms with Crippen LogP contribution in [0.3, 0.4) is 0 Å². The molecule has 0 atom stereocenters. The SMILES string of the molecule is CCC(C)(C)c1ccc([I+]c2ccc(C(C)(C)CC)cc2)cc1.O=S(=O)([O-])c1ccc(C(F)(F)F)cc1. The van der Waals surface area contributed by atoms with E-state index in [9.17, 15) is 26.1 Å². The standard InChI is InChI=1S/C22H30I.C7H5F3O3S/c1-7-21(3,4)17-9-13-19(14-10-17)23-20-15-11-18(12-16-20)22(5,6)8-2;8-7(9,10)5-1-3-6(4-2-5)14(11,12)13/h9-16H,7-8H2,1-6H3;1-4H,(H,11,12,13)/q+1;/p-1. The van der Waals surface area contributed by atoms with Crippen molar-refractivity contribution in [3.63, 3.8) is 0 Å². The Hall–Kier alpha value is -1.91. The Balaban J connectivity index is 0.000000294.